The van der Waals surface area contributed by atoms with Gasteiger partial charge in [0.1, 0.15) is 0 Å². The monoisotopic (exact) mass is 409 g/mol. The zero-order chi connectivity index (χ0) is 21.7. The first-order valence-corrected chi connectivity index (χ1v) is 9.85. The van der Waals surface area contributed by atoms with Gasteiger partial charge < -0.3 is 9.47 Å². The Morgan fingerprint density at radius 3 is 2.20 bits per heavy atom. The van der Waals surface area contributed by atoms with Crippen LogP contribution < -0.4 is 5.48 Å². The number of carbonyl (C=O) groups excluding carboxylic acids is 2. The molecule has 2 unspecified atom stereocenters. The summed E-state index contributed by atoms with van der Waals surface area (Å²) in [6, 6.07) is 18.6. The van der Waals surface area contributed by atoms with Crippen LogP contribution in [0.5, 0.6) is 0 Å². The number of fused-ring (bicyclic) bond motifs is 2. The molecule has 0 aliphatic heterocycles. The second-order valence-electron chi connectivity index (χ2n) is 7.65. The average molecular weight is 409 g/mol. The van der Waals surface area contributed by atoms with E-state index in [1.54, 1.807) is 13.8 Å². The summed E-state index contributed by atoms with van der Waals surface area (Å²) < 4.78 is 9.67. The lowest BCUT2D eigenvalue weighted by molar-refractivity contribution is -0.179. The van der Waals surface area contributed by atoms with Gasteiger partial charge in [-0.25, -0.2) is 10.3 Å². The molecule has 0 bridgehead atoms. The molecule has 0 amide bonds. The van der Waals surface area contributed by atoms with Crippen molar-refractivity contribution in [3.05, 3.63) is 60.2 Å². The van der Waals surface area contributed by atoms with Crippen LogP contribution >= 0.6 is 0 Å². The minimum absolute atomic E-state index is 0.211. The van der Waals surface area contributed by atoms with Crippen LogP contribution in [0.1, 0.15) is 19.4 Å². The lowest BCUT2D eigenvalue weighted by Gasteiger charge is -2.27. The Balaban J connectivity index is 1.81. The van der Waals surface area contributed by atoms with Crippen LogP contribution in [0.2, 0.25) is 0 Å². The first-order chi connectivity index (χ1) is 14.4. The second kappa shape index (κ2) is 9.24. The minimum atomic E-state index is -1.25. The molecule has 158 valence electrons. The van der Waals surface area contributed by atoms with Crippen LogP contribution in [0.4, 0.5) is 0 Å². The van der Waals surface area contributed by atoms with Crippen molar-refractivity contribution in [2.75, 3.05) is 20.8 Å². The molecule has 0 fully saturated rings. The molecule has 30 heavy (non-hydrogen) atoms. The molecule has 6 nitrogen and oxygen atoms in total. The van der Waals surface area contributed by atoms with E-state index in [1.807, 2.05) is 24.3 Å². The Morgan fingerprint density at radius 2 is 1.57 bits per heavy atom. The molecule has 0 aliphatic rings. The van der Waals surface area contributed by atoms with E-state index in [9.17, 15) is 9.59 Å². The van der Waals surface area contributed by atoms with Crippen molar-refractivity contribution < 1.29 is 23.9 Å². The Hall–Kier alpha value is -2.96. The third kappa shape index (κ3) is 4.78. The largest absolute Gasteiger partial charge is 0.469 e. The summed E-state index contributed by atoms with van der Waals surface area (Å²) in [5.41, 5.74) is 2.42. The Labute approximate surface area is 176 Å². The normalized spacial score (nSPS) is 14.3. The summed E-state index contributed by atoms with van der Waals surface area (Å²) in [6.07, 6.45) is 0.308. The average Bonchev–Trinajstić information content (AvgIpc) is 2.76. The molecule has 0 spiro atoms. The quantitative estimate of drug-likeness (QED) is 0.347. The van der Waals surface area contributed by atoms with Crippen LogP contribution in [-0.2, 0) is 30.3 Å². The molecule has 0 aliphatic carbocycles. The van der Waals surface area contributed by atoms with Gasteiger partial charge in [0, 0.05) is 13.0 Å². The molecule has 3 aromatic rings. The minimum Gasteiger partial charge on any atom is -0.469 e. The molecular formula is C24H27NO5. The molecule has 3 rings (SSSR count). The van der Waals surface area contributed by atoms with Crippen LogP contribution in [-0.4, -0.2) is 38.3 Å². The number of ether oxygens (including phenoxy) is 2. The third-order valence-corrected chi connectivity index (χ3v) is 5.22. The van der Waals surface area contributed by atoms with E-state index in [-0.39, 0.29) is 12.5 Å². The second-order valence-corrected chi connectivity index (χ2v) is 7.65. The van der Waals surface area contributed by atoms with Gasteiger partial charge in [0.15, 0.2) is 5.60 Å². The molecule has 0 saturated heterocycles. The van der Waals surface area contributed by atoms with Gasteiger partial charge in [0.2, 0.25) is 0 Å². The maximum Gasteiger partial charge on any atom is 0.340 e. The molecule has 0 heterocycles. The van der Waals surface area contributed by atoms with Crippen molar-refractivity contribution in [3.8, 4) is 0 Å². The Morgan fingerprint density at radius 1 is 0.933 bits per heavy atom. The summed E-state index contributed by atoms with van der Waals surface area (Å²) in [6.45, 7) is 3.59. The predicted octanol–water partition coefficient (Wildman–Crippen LogP) is 3.80. The fraction of sp³-hybridized carbons (Fsp3) is 0.333. The van der Waals surface area contributed by atoms with Gasteiger partial charge in [-0.15, -0.1) is 0 Å². The van der Waals surface area contributed by atoms with Crippen molar-refractivity contribution >= 4 is 33.5 Å². The number of nitrogens with one attached hydrogen (secondary N) is 1. The molecule has 3 aromatic carbocycles. The fourth-order valence-corrected chi connectivity index (χ4v) is 3.47. The smallest absolute Gasteiger partial charge is 0.340 e. The highest BCUT2D eigenvalue weighted by atomic mass is 16.7. The van der Waals surface area contributed by atoms with Gasteiger partial charge in [-0.1, -0.05) is 49.4 Å². The number of benzene rings is 3. The van der Waals surface area contributed by atoms with Crippen LogP contribution in [0.25, 0.3) is 21.5 Å². The molecule has 2 atom stereocenters. The topological polar surface area (TPSA) is 73.9 Å². The number of hydrogen-bond donors (Lipinski definition) is 1. The number of carbonyl (C=O) groups is 2. The molecule has 0 saturated carbocycles. The summed E-state index contributed by atoms with van der Waals surface area (Å²) in [5.74, 6) is -1.27. The number of hydrogen-bond acceptors (Lipinski definition) is 6. The van der Waals surface area contributed by atoms with Crippen molar-refractivity contribution in [3.63, 3.8) is 0 Å². The van der Waals surface area contributed by atoms with Crippen molar-refractivity contribution in [2.45, 2.75) is 25.9 Å². The highest BCUT2D eigenvalue weighted by Crippen LogP contribution is 2.26. The molecular weight excluding hydrogens is 382 g/mol. The van der Waals surface area contributed by atoms with E-state index in [1.165, 1.54) is 19.6 Å². The molecule has 0 aromatic heterocycles. The van der Waals surface area contributed by atoms with E-state index >= 15 is 0 Å². The first-order valence-electron chi connectivity index (χ1n) is 9.85. The van der Waals surface area contributed by atoms with Gasteiger partial charge in [-0.2, -0.15) is 0 Å². The predicted molar refractivity (Wildman–Crippen MR) is 116 cm³/mol. The van der Waals surface area contributed by atoms with Gasteiger partial charge in [-0.05, 0) is 46.2 Å². The maximum atomic E-state index is 12.5. The third-order valence-electron chi connectivity index (χ3n) is 5.22. The zero-order valence-corrected chi connectivity index (χ0v) is 17.7. The van der Waals surface area contributed by atoms with Crippen molar-refractivity contribution in [1.29, 1.82) is 0 Å². The van der Waals surface area contributed by atoms with Crippen LogP contribution in [0, 0.1) is 5.92 Å². The molecule has 1 N–H and O–H groups in total. The summed E-state index contributed by atoms with van der Waals surface area (Å²) in [7, 11) is 2.66. The fourth-order valence-electron chi connectivity index (χ4n) is 3.47. The number of hydroxylamine groups is 1. The highest BCUT2D eigenvalue weighted by molar-refractivity contribution is 5.98. The van der Waals surface area contributed by atoms with E-state index in [4.69, 9.17) is 14.3 Å². The van der Waals surface area contributed by atoms with Crippen LogP contribution in [0.15, 0.2) is 54.6 Å². The van der Waals surface area contributed by atoms with Crippen molar-refractivity contribution in [2.24, 2.45) is 5.92 Å². The van der Waals surface area contributed by atoms with Crippen molar-refractivity contribution in [1.82, 2.24) is 5.48 Å². The van der Waals surface area contributed by atoms with Gasteiger partial charge in [-0.3, -0.25) is 9.63 Å². The van der Waals surface area contributed by atoms with E-state index in [0.29, 0.717) is 6.42 Å². The molecule has 0 radical (unpaired) electrons. The maximum absolute atomic E-state index is 12.5. The van der Waals surface area contributed by atoms with E-state index < -0.39 is 17.5 Å². The summed E-state index contributed by atoms with van der Waals surface area (Å²) in [5, 5.41) is 4.56. The Bertz CT molecular complexity index is 1060. The lowest BCUT2D eigenvalue weighted by Crippen LogP contribution is -2.46. The first kappa shape index (κ1) is 21.7. The Kier molecular flexibility index (Phi) is 6.70. The van der Waals surface area contributed by atoms with E-state index in [0.717, 1.165) is 21.7 Å². The number of methoxy groups -OCH3 is 2. The van der Waals surface area contributed by atoms with Gasteiger partial charge >= 0.3 is 11.9 Å². The molecule has 6 heteroatoms. The van der Waals surface area contributed by atoms with Gasteiger partial charge in [0.05, 0.1) is 20.1 Å². The standard InChI is InChI=1S/C24H27NO5/c1-16(22(26)28-3)15-25-30-24(2,23(27)29-4)14-17-9-10-20-12-18-7-5-6-8-19(18)13-21(20)11-17/h5-13,16,25H,14-15H2,1-4H3. The highest BCUT2D eigenvalue weighted by Gasteiger charge is 2.37. The number of esters is 2. The summed E-state index contributed by atoms with van der Waals surface area (Å²) in [4.78, 5) is 29.7. The van der Waals surface area contributed by atoms with E-state index in [2.05, 4.69) is 35.8 Å². The van der Waals surface area contributed by atoms with Gasteiger partial charge in [0.25, 0.3) is 0 Å². The SMILES string of the molecule is COC(=O)C(C)CNOC(C)(Cc1ccc2cc3ccccc3cc2c1)C(=O)OC. The van der Waals surface area contributed by atoms with Crippen LogP contribution in [0.3, 0.4) is 0 Å². The lowest BCUT2D eigenvalue weighted by atomic mass is 9.94. The zero-order valence-electron chi connectivity index (χ0n) is 17.7. The number of rotatable bonds is 8. The summed E-state index contributed by atoms with van der Waals surface area (Å²) >= 11 is 0.